The first-order valence-corrected chi connectivity index (χ1v) is 11.1. The number of hydrogen-bond acceptors (Lipinski definition) is 7. The molecule has 0 radical (unpaired) electrons. The van der Waals surface area contributed by atoms with Gasteiger partial charge in [0.2, 0.25) is 5.91 Å². The minimum absolute atomic E-state index is 0.0653. The van der Waals surface area contributed by atoms with Crippen molar-refractivity contribution in [2.45, 2.75) is 43.8 Å². The number of carbonyl (C=O) groups excluding carboxylic acids is 1. The van der Waals surface area contributed by atoms with E-state index in [1.54, 1.807) is 0 Å². The summed E-state index contributed by atoms with van der Waals surface area (Å²) in [7, 11) is 1.91. The third-order valence-corrected chi connectivity index (χ3v) is 6.07. The highest BCUT2D eigenvalue weighted by Gasteiger charge is 2.13. The van der Waals surface area contributed by atoms with Gasteiger partial charge in [0.05, 0.1) is 11.5 Å². The fraction of sp³-hybridized carbons (Fsp3) is 0.350. The summed E-state index contributed by atoms with van der Waals surface area (Å²) in [6, 6.07) is 7.92. The number of nitrogens with zero attached hydrogens (tertiary/aromatic N) is 5. The van der Waals surface area contributed by atoms with Crippen LogP contribution in [0.5, 0.6) is 0 Å². The Hall–Kier alpha value is -2.39. The molecule has 3 aromatic rings. The Morgan fingerprint density at radius 3 is 2.45 bits per heavy atom. The van der Waals surface area contributed by atoms with E-state index < -0.39 is 0 Å². The number of aryl methyl sites for hydroxylation is 4. The molecule has 1 amide bonds. The maximum atomic E-state index is 12.3. The highest BCUT2D eigenvalue weighted by atomic mass is 32.2. The van der Waals surface area contributed by atoms with Crippen molar-refractivity contribution in [1.82, 2.24) is 24.7 Å². The molecule has 0 aliphatic heterocycles. The standard InChI is InChI=1S/C20H24N6OS2/c1-12-6-7-16(13(2)8-12)23-18(27)11-29-20-25-24-17(26(20)5)10-28-19-21-14(3)9-15(4)22-19/h6-9H,10-11H2,1-5H3,(H,23,27). The maximum Gasteiger partial charge on any atom is 0.234 e. The number of carbonyl (C=O) groups is 1. The second-order valence-electron chi connectivity index (χ2n) is 6.84. The molecule has 1 N–H and O–H groups in total. The normalized spacial score (nSPS) is 10.9. The molecule has 0 unspecified atom stereocenters. The fourth-order valence-electron chi connectivity index (χ4n) is 2.75. The van der Waals surface area contributed by atoms with E-state index in [2.05, 4.69) is 31.5 Å². The lowest BCUT2D eigenvalue weighted by Gasteiger charge is -2.09. The molecule has 0 bridgehead atoms. The lowest BCUT2D eigenvalue weighted by atomic mass is 10.1. The molecule has 29 heavy (non-hydrogen) atoms. The van der Waals surface area contributed by atoms with Crippen molar-refractivity contribution in [3.63, 3.8) is 0 Å². The van der Waals surface area contributed by atoms with E-state index in [0.29, 0.717) is 10.9 Å². The van der Waals surface area contributed by atoms with Crippen LogP contribution in [0.3, 0.4) is 0 Å². The largest absolute Gasteiger partial charge is 0.325 e. The molecule has 0 atom stereocenters. The van der Waals surface area contributed by atoms with Crippen molar-refractivity contribution in [2.24, 2.45) is 7.05 Å². The first-order chi connectivity index (χ1) is 13.8. The summed E-state index contributed by atoms with van der Waals surface area (Å²) >= 11 is 2.89. The molecule has 152 valence electrons. The van der Waals surface area contributed by atoms with Gasteiger partial charge in [-0.05, 0) is 45.4 Å². The number of aromatic nitrogens is 5. The second kappa shape index (κ2) is 9.41. The molecule has 2 aromatic heterocycles. The van der Waals surface area contributed by atoms with Crippen LogP contribution in [-0.2, 0) is 17.6 Å². The Bertz CT molecular complexity index is 1010. The van der Waals surface area contributed by atoms with Crippen LogP contribution in [0, 0.1) is 27.7 Å². The van der Waals surface area contributed by atoms with Crippen molar-refractivity contribution in [1.29, 1.82) is 0 Å². The predicted molar refractivity (Wildman–Crippen MR) is 117 cm³/mol. The zero-order chi connectivity index (χ0) is 21.0. The summed E-state index contributed by atoms with van der Waals surface area (Å²) < 4.78 is 1.91. The molecule has 2 heterocycles. The number of anilines is 1. The Morgan fingerprint density at radius 2 is 1.76 bits per heavy atom. The highest BCUT2D eigenvalue weighted by molar-refractivity contribution is 7.99. The van der Waals surface area contributed by atoms with E-state index in [-0.39, 0.29) is 11.7 Å². The van der Waals surface area contributed by atoms with Gasteiger partial charge in [-0.15, -0.1) is 10.2 Å². The third kappa shape index (κ3) is 5.80. The first kappa shape index (κ1) is 21.3. The summed E-state index contributed by atoms with van der Waals surface area (Å²) in [5.74, 6) is 1.63. The van der Waals surface area contributed by atoms with Crippen LogP contribution in [0.15, 0.2) is 34.6 Å². The third-order valence-electron chi connectivity index (χ3n) is 4.21. The molecule has 3 rings (SSSR count). The van der Waals surface area contributed by atoms with E-state index in [1.165, 1.54) is 29.1 Å². The topological polar surface area (TPSA) is 85.6 Å². The highest BCUT2D eigenvalue weighted by Crippen LogP contribution is 2.22. The van der Waals surface area contributed by atoms with Crippen molar-refractivity contribution >= 4 is 35.1 Å². The molecule has 0 aliphatic rings. The minimum atomic E-state index is -0.0653. The molecule has 0 saturated heterocycles. The van der Waals surface area contributed by atoms with Gasteiger partial charge in [-0.1, -0.05) is 41.2 Å². The van der Waals surface area contributed by atoms with E-state index in [1.807, 2.05) is 57.5 Å². The van der Waals surface area contributed by atoms with Gasteiger partial charge >= 0.3 is 0 Å². The van der Waals surface area contributed by atoms with Gasteiger partial charge in [-0.2, -0.15) is 0 Å². The Kier molecular flexibility index (Phi) is 6.92. The average Bonchev–Trinajstić information content (AvgIpc) is 3.00. The SMILES string of the molecule is Cc1ccc(NC(=O)CSc2nnc(CSc3nc(C)cc(C)n3)n2C)c(C)c1. The summed E-state index contributed by atoms with van der Waals surface area (Å²) in [4.78, 5) is 21.2. The molecule has 0 saturated carbocycles. The van der Waals surface area contributed by atoms with Crippen molar-refractivity contribution in [2.75, 3.05) is 11.1 Å². The monoisotopic (exact) mass is 428 g/mol. The van der Waals surface area contributed by atoms with Gasteiger partial charge in [-0.25, -0.2) is 9.97 Å². The van der Waals surface area contributed by atoms with Crippen LogP contribution >= 0.6 is 23.5 Å². The van der Waals surface area contributed by atoms with Crippen LogP contribution in [0.25, 0.3) is 0 Å². The number of benzene rings is 1. The molecule has 0 aliphatic carbocycles. The van der Waals surface area contributed by atoms with Gasteiger partial charge in [0.25, 0.3) is 0 Å². The summed E-state index contributed by atoms with van der Waals surface area (Å²) in [6.45, 7) is 7.93. The molecular weight excluding hydrogens is 404 g/mol. The lowest BCUT2D eigenvalue weighted by molar-refractivity contribution is -0.113. The quantitative estimate of drug-likeness (QED) is 0.452. The summed E-state index contributed by atoms with van der Waals surface area (Å²) in [5, 5.41) is 12.8. The zero-order valence-electron chi connectivity index (χ0n) is 17.2. The Morgan fingerprint density at radius 1 is 1.03 bits per heavy atom. The van der Waals surface area contributed by atoms with E-state index in [4.69, 9.17) is 0 Å². The van der Waals surface area contributed by atoms with Gasteiger partial charge in [0.15, 0.2) is 10.3 Å². The predicted octanol–water partition coefficient (Wildman–Crippen LogP) is 3.86. The number of thioether (sulfide) groups is 2. The number of amides is 1. The van der Waals surface area contributed by atoms with Crippen molar-refractivity contribution in [3.8, 4) is 0 Å². The molecule has 1 aromatic carbocycles. The van der Waals surface area contributed by atoms with Crippen molar-refractivity contribution in [3.05, 3.63) is 52.6 Å². The molecule has 7 nitrogen and oxygen atoms in total. The van der Waals surface area contributed by atoms with Crippen LogP contribution in [0.2, 0.25) is 0 Å². The number of hydrogen-bond donors (Lipinski definition) is 1. The second-order valence-corrected chi connectivity index (χ2v) is 8.72. The van der Waals surface area contributed by atoms with E-state index in [9.17, 15) is 4.79 Å². The van der Waals surface area contributed by atoms with Crippen LogP contribution in [0.4, 0.5) is 5.69 Å². The molecule has 0 fully saturated rings. The summed E-state index contributed by atoms with van der Waals surface area (Å²) in [5.41, 5.74) is 4.96. The number of rotatable bonds is 7. The molecular formula is C20H24N6OS2. The zero-order valence-corrected chi connectivity index (χ0v) is 18.8. The van der Waals surface area contributed by atoms with Crippen LogP contribution < -0.4 is 5.32 Å². The first-order valence-electron chi connectivity index (χ1n) is 9.15. The molecule has 0 spiro atoms. The lowest BCUT2D eigenvalue weighted by Crippen LogP contribution is -2.15. The maximum absolute atomic E-state index is 12.3. The average molecular weight is 429 g/mol. The fourth-order valence-corrected chi connectivity index (χ4v) is 4.41. The van der Waals surface area contributed by atoms with Crippen LogP contribution in [-0.4, -0.2) is 36.4 Å². The number of nitrogens with one attached hydrogen (secondary N) is 1. The van der Waals surface area contributed by atoms with Gasteiger partial charge in [0, 0.05) is 24.1 Å². The van der Waals surface area contributed by atoms with Gasteiger partial charge in [0.1, 0.15) is 5.82 Å². The summed E-state index contributed by atoms with van der Waals surface area (Å²) in [6.07, 6.45) is 0. The van der Waals surface area contributed by atoms with E-state index in [0.717, 1.165) is 33.6 Å². The van der Waals surface area contributed by atoms with E-state index >= 15 is 0 Å². The van der Waals surface area contributed by atoms with Crippen LogP contribution in [0.1, 0.15) is 28.3 Å². The Balaban J connectivity index is 1.55. The smallest absolute Gasteiger partial charge is 0.234 e. The van der Waals surface area contributed by atoms with Gasteiger partial charge < -0.3 is 9.88 Å². The minimum Gasteiger partial charge on any atom is -0.325 e. The molecule has 9 heteroatoms. The van der Waals surface area contributed by atoms with Crippen molar-refractivity contribution < 1.29 is 4.79 Å². The van der Waals surface area contributed by atoms with Gasteiger partial charge in [-0.3, -0.25) is 4.79 Å². The Labute approximate surface area is 179 Å².